The number of nitrogens with zero attached hydrogens (tertiary/aromatic N) is 2. The van der Waals surface area contributed by atoms with E-state index in [0.717, 1.165) is 44.0 Å². The van der Waals surface area contributed by atoms with Gasteiger partial charge in [0.05, 0.1) is 5.69 Å². The van der Waals surface area contributed by atoms with Gasteiger partial charge in [0, 0.05) is 32.7 Å². The van der Waals surface area contributed by atoms with Gasteiger partial charge in [-0.1, -0.05) is 30.3 Å². The van der Waals surface area contributed by atoms with Crippen LogP contribution < -0.4 is 9.64 Å². The van der Waals surface area contributed by atoms with E-state index in [-0.39, 0.29) is 5.82 Å². The van der Waals surface area contributed by atoms with Crippen molar-refractivity contribution < 1.29 is 9.13 Å². The minimum absolute atomic E-state index is 0.135. The fourth-order valence-corrected chi connectivity index (χ4v) is 2.92. The van der Waals surface area contributed by atoms with Gasteiger partial charge in [-0.3, -0.25) is 4.90 Å². The lowest BCUT2D eigenvalue weighted by atomic mass is 10.2. The molecular formula is C19H23FN2O. The number of piperazine rings is 1. The highest BCUT2D eigenvalue weighted by molar-refractivity contribution is 5.48. The van der Waals surface area contributed by atoms with Crippen LogP contribution in [-0.2, 0) is 0 Å². The third kappa shape index (κ3) is 4.02. The fourth-order valence-electron chi connectivity index (χ4n) is 2.92. The summed E-state index contributed by atoms with van der Waals surface area (Å²) in [7, 11) is 0. The largest absolute Gasteiger partial charge is 0.492 e. The van der Waals surface area contributed by atoms with Gasteiger partial charge in [-0.25, -0.2) is 4.39 Å². The summed E-state index contributed by atoms with van der Waals surface area (Å²) in [6.45, 7) is 7.22. The zero-order chi connectivity index (χ0) is 16.1. The second-order valence-corrected chi connectivity index (χ2v) is 5.89. The van der Waals surface area contributed by atoms with Crippen LogP contribution in [0.5, 0.6) is 5.75 Å². The first-order chi connectivity index (χ1) is 11.2. The van der Waals surface area contributed by atoms with Crippen LogP contribution in [0.3, 0.4) is 0 Å². The maximum absolute atomic E-state index is 13.8. The van der Waals surface area contributed by atoms with Crippen molar-refractivity contribution >= 4 is 5.69 Å². The normalized spacial score (nSPS) is 15.7. The maximum atomic E-state index is 13.8. The lowest BCUT2D eigenvalue weighted by Crippen LogP contribution is -2.47. The number of benzene rings is 2. The van der Waals surface area contributed by atoms with Crippen molar-refractivity contribution in [1.82, 2.24) is 4.90 Å². The number of para-hydroxylation sites is 2. The number of anilines is 1. The van der Waals surface area contributed by atoms with Crippen molar-refractivity contribution in [3.63, 3.8) is 0 Å². The van der Waals surface area contributed by atoms with Crippen LogP contribution in [0.25, 0.3) is 0 Å². The first kappa shape index (κ1) is 15.8. The Labute approximate surface area is 137 Å². The quantitative estimate of drug-likeness (QED) is 0.842. The first-order valence-corrected chi connectivity index (χ1v) is 8.14. The second kappa shape index (κ2) is 7.47. The molecule has 0 unspecified atom stereocenters. The molecule has 1 saturated heterocycles. The minimum atomic E-state index is -0.135. The lowest BCUT2D eigenvalue weighted by Gasteiger charge is -2.36. The van der Waals surface area contributed by atoms with E-state index < -0.39 is 0 Å². The van der Waals surface area contributed by atoms with Crippen molar-refractivity contribution in [2.24, 2.45) is 0 Å². The van der Waals surface area contributed by atoms with Gasteiger partial charge in [-0.15, -0.1) is 0 Å². The average molecular weight is 314 g/mol. The average Bonchev–Trinajstić information content (AvgIpc) is 2.58. The molecule has 2 aromatic carbocycles. The van der Waals surface area contributed by atoms with Crippen molar-refractivity contribution in [2.45, 2.75) is 6.92 Å². The van der Waals surface area contributed by atoms with E-state index in [4.69, 9.17) is 4.74 Å². The molecule has 122 valence electrons. The summed E-state index contributed by atoms with van der Waals surface area (Å²) in [4.78, 5) is 4.49. The Kier molecular flexibility index (Phi) is 5.13. The summed E-state index contributed by atoms with van der Waals surface area (Å²) in [6, 6.07) is 15.1. The molecule has 1 aliphatic heterocycles. The summed E-state index contributed by atoms with van der Waals surface area (Å²) in [6.07, 6.45) is 0. The van der Waals surface area contributed by atoms with Gasteiger partial charge >= 0.3 is 0 Å². The minimum Gasteiger partial charge on any atom is -0.492 e. The Morgan fingerprint density at radius 3 is 2.39 bits per heavy atom. The molecule has 1 heterocycles. The molecule has 0 spiro atoms. The molecule has 0 radical (unpaired) electrons. The zero-order valence-corrected chi connectivity index (χ0v) is 13.5. The smallest absolute Gasteiger partial charge is 0.146 e. The number of hydrogen-bond donors (Lipinski definition) is 0. The highest BCUT2D eigenvalue weighted by Crippen LogP contribution is 2.20. The van der Waals surface area contributed by atoms with Gasteiger partial charge in [0.1, 0.15) is 18.2 Å². The Morgan fingerprint density at radius 1 is 0.957 bits per heavy atom. The van der Waals surface area contributed by atoms with E-state index >= 15 is 0 Å². The van der Waals surface area contributed by atoms with Crippen LogP contribution >= 0.6 is 0 Å². The van der Waals surface area contributed by atoms with Gasteiger partial charge in [0.2, 0.25) is 0 Å². The first-order valence-electron chi connectivity index (χ1n) is 8.14. The Balaban J connectivity index is 1.45. The molecule has 23 heavy (non-hydrogen) atoms. The van der Waals surface area contributed by atoms with E-state index in [0.29, 0.717) is 12.3 Å². The third-order valence-corrected chi connectivity index (χ3v) is 4.32. The van der Waals surface area contributed by atoms with E-state index in [1.165, 1.54) is 6.07 Å². The number of rotatable bonds is 5. The van der Waals surface area contributed by atoms with Gasteiger partial charge in [0.15, 0.2) is 0 Å². The zero-order valence-electron chi connectivity index (χ0n) is 13.5. The Morgan fingerprint density at radius 2 is 1.65 bits per heavy atom. The van der Waals surface area contributed by atoms with Crippen molar-refractivity contribution in [2.75, 3.05) is 44.2 Å². The molecular weight excluding hydrogens is 291 g/mol. The van der Waals surface area contributed by atoms with Crippen LogP contribution in [-0.4, -0.2) is 44.2 Å². The molecule has 0 bridgehead atoms. The monoisotopic (exact) mass is 314 g/mol. The van der Waals surface area contributed by atoms with Crippen LogP contribution in [0.4, 0.5) is 10.1 Å². The van der Waals surface area contributed by atoms with Crippen molar-refractivity contribution in [3.05, 3.63) is 59.9 Å². The SMILES string of the molecule is Cc1ccccc1OCCN1CCN(c2ccccc2F)CC1. The van der Waals surface area contributed by atoms with E-state index in [1.54, 1.807) is 6.07 Å². The summed E-state index contributed by atoms with van der Waals surface area (Å²) in [5.41, 5.74) is 1.88. The van der Waals surface area contributed by atoms with Crippen LogP contribution in [0.15, 0.2) is 48.5 Å². The third-order valence-electron chi connectivity index (χ3n) is 4.32. The van der Waals surface area contributed by atoms with Crippen LogP contribution in [0, 0.1) is 12.7 Å². The lowest BCUT2D eigenvalue weighted by molar-refractivity contribution is 0.200. The van der Waals surface area contributed by atoms with Crippen molar-refractivity contribution in [3.8, 4) is 5.75 Å². The molecule has 4 heteroatoms. The predicted octanol–water partition coefficient (Wildman–Crippen LogP) is 3.34. The molecule has 2 aromatic rings. The molecule has 0 amide bonds. The molecule has 0 aromatic heterocycles. The van der Waals surface area contributed by atoms with E-state index in [2.05, 4.69) is 22.8 Å². The van der Waals surface area contributed by atoms with Crippen molar-refractivity contribution in [1.29, 1.82) is 0 Å². The molecule has 0 aliphatic carbocycles. The molecule has 1 fully saturated rings. The van der Waals surface area contributed by atoms with Gasteiger partial charge in [-0.05, 0) is 30.7 Å². The van der Waals surface area contributed by atoms with E-state index in [9.17, 15) is 4.39 Å². The number of aryl methyl sites for hydroxylation is 1. The topological polar surface area (TPSA) is 15.7 Å². The van der Waals surface area contributed by atoms with Crippen LogP contribution in [0.1, 0.15) is 5.56 Å². The summed E-state index contributed by atoms with van der Waals surface area (Å²) < 4.78 is 19.7. The Bertz CT molecular complexity index is 636. The number of ether oxygens (including phenoxy) is 1. The maximum Gasteiger partial charge on any atom is 0.146 e. The summed E-state index contributed by atoms with van der Waals surface area (Å²) >= 11 is 0. The summed E-state index contributed by atoms with van der Waals surface area (Å²) in [5, 5.41) is 0. The van der Waals surface area contributed by atoms with Gasteiger partial charge in [-0.2, -0.15) is 0 Å². The van der Waals surface area contributed by atoms with E-state index in [1.807, 2.05) is 30.3 Å². The summed E-state index contributed by atoms with van der Waals surface area (Å²) in [5.74, 6) is 0.821. The van der Waals surface area contributed by atoms with Crippen LogP contribution in [0.2, 0.25) is 0 Å². The second-order valence-electron chi connectivity index (χ2n) is 5.89. The molecule has 1 aliphatic rings. The van der Waals surface area contributed by atoms with Gasteiger partial charge < -0.3 is 9.64 Å². The molecule has 0 N–H and O–H groups in total. The predicted molar refractivity (Wildman–Crippen MR) is 91.7 cm³/mol. The van der Waals surface area contributed by atoms with Gasteiger partial charge in [0.25, 0.3) is 0 Å². The highest BCUT2D eigenvalue weighted by Gasteiger charge is 2.18. The fraction of sp³-hybridized carbons (Fsp3) is 0.368. The molecule has 3 nitrogen and oxygen atoms in total. The standard InChI is InChI=1S/C19H23FN2O/c1-16-6-2-5-9-19(16)23-15-14-21-10-12-22(13-11-21)18-8-4-3-7-17(18)20/h2-9H,10-15H2,1H3. The number of halogens is 1. The Hall–Kier alpha value is -2.07. The molecule has 0 atom stereocenters. The molecule has 0 saturated carbocycles. The number of hydrogen-bond acceptors (Lipinski definition) is 3. The highest BCUT2D eigenvalue weighted by atomic mass is 19.1. The molecule has 3 rings (SSSR count).